The van der Waals surface area contributed by atoms with Gasteiger partial charge in [0.05, 0.1) is 0 Å². The van der Waals surface area contributed by atoms with E-state index in [0.717, 1.165) is 17.7 Å². The molecule has 0 radical (unpaired) electrons. The quantitative estimate of drug-likeness (QED) is 0.719. The van der Waals surface area contributed by atoms with Crippen molar-refractivity contribution < 1.29 is 5.11 Å². The summed E-state index contributed by atoms with van der Waals surface area (Å²) in [4.78, 5) is 1.20. The maximum atomic E-state index is 9.69. The van der Waals surface area contributed by atoms with Gasteiger partial charge in [-0.3, -0.25) is 0 Å². The lowest BCUT2D eigenvalue weighted by atomic mass is 9.95. The monoisotopic (exact) mass is 195 g/mol. The Morgan fingerprint density at radius 3 is 3.15 bits per heavy atom. The molecule has 0 amide bonds. The van der Waals surface area contributed by atoms with Crippen LogP contribution in [0.3, 0.4) is 0 Å². The van der Waals surface area contributed by atoms with Gasteiger partial charge in [-0.15, -0.1) is 11.8 Å². The highest BCUT2D eigenvalue weighted by Crippen LogP contribution is 2.41. The molecule has 0 fully saturated rings. The SMILES string of the molecule is NCC1CCSc2cccc(O)c21. The van der Waals surface area contributed by atoms with Crippen molar-refractivity contribution in [2.75, 3.05) is 12.3 Å². The molecule has 0 bridgehead atoms. The molecule has 1 heterocycles. The van der Waals surface area contributed by atoms with Crippen LogP contribution in [0.4, 0.5) is 0 Å². The van der Waals surface area contributed by atoms with Gasteiger partial charge in [0.25, 0.3) is 0 Å². The number of benzene rings is 1. The van der Waals surface area contributed by atoms with Gasteiger partial charge in [-0.1, -0.05) is 6.07 Å². The van der Waals surface area contributed by atoms with Crippen LogP contribution in [0.2, 0.25) is 0 Å². The van der Waals surface area contributed by atoms with E-state index in [1.165, 1.54) is 4.90 Å². The van der Waals surface area contributed by atoms with E-state index in [0.29, 0.717) is 18.2 Å². The predicted molar refractivity (Wildman–Crippen MR) is 55.2 cm³/mol. The molecule has 2 rings (SSSR count). The Bertz CT molecular complexity index is 314. The fourth-order valence-electron chi connectivity index (χ4n) is 1.76. The summed E-state index contributed by atoms with van der Waals surface area (Å²) >= 11 is 1.81. The number of nitrogens with two attached hydrogens (primary N) is 1. The van der Waals surface area contributed by atoms with Gasteiger partial charge < -0.3 is 10.8 Å². The first-order valence-corrected chi connectivity index (χ1v) is 5.46. The summed E-state index contributed by atoms with van der Waals surface area (Å²) in [5, 5.41) is 9.69. The van der Waals surface area contributed by atoms with Crippen molar-refractivity contribution in [1.82, 2.24) is 0 Å². The lowest BCUT2D eigenvalue weighted by Gasteiger charge is -2.24. The molecule has 1 unspecified atom stereocenters. The molecule has 1 aliphatic rings. The average molecular weight is 195 g/mol. The molecular formula is C10H13NOS. The number of hydrogen-bond donors (Lipinski definition) is 2. The van der Waals surface area contributed by atoms with Crippen LogP contribution >= 0.6 is 11.8 Å². The van der Waals surface area contributed by atoms with Crippen molar-refractivity contribution >= 4 is 11.8 Å². The van der Waals surface area contributed by atoms with E-state index < -0.39 is 0 Å². The van der Waals surface area contributed by atoms with Crippen molar-refractivity contribution in [2.45, 2.75) is 17.2 Å². The summed E-state index contributed by atoms with van der Waals surface area (Å²) in [6, 6.07) is 5.69. The van der Waals surface area contributed by atoms with Gasteiger partial charge in [0.1, 0.15) is 5.75 Å². The summed E-state index contributed by atoms with van der Waals surface area (Å²) in [6.45, 7) is 0.630. The van der Waals surface area contributed by atoms with Crippen LogP contribution in [0.15, 0.2) is 23.1 Å². The van der Waals surface area contributed by atoms with Gasteiger partial charge in [0.15, 0.2) is 0 Å². The van der Waals surface area contributed by atoms with E-state index >= 15 is 0 Å². The summed E-state index contributed by atoms with van der Waals surface area (Å²) in [5.74, 6) is 1.86. The number of thioether (sulfide) groups is 1. The summed E-state index contributed by atoms with van der Waals surface area (Å²) in [6.07, 6.45) is 1.08. The molecule has 70 valence electrons. The van der Waals surface area contributed by atoms with E-state index in [4.69, 9.17) is 5.73 Å². The van der Waals surface area contributed by atoms with Crippen LogP contribution in [0.1, 0.15) is 17.9 Å². The van der Waals surface area contributed by atoms with Gasteiger partial charge in [0.2, 0.25) is 0 Å². The zero-order valence-corrected chi connectivity index (χ0v) is 8.18. The first-order chi connectivity index (χ1) is 6.33. The maximum absolute atomic E-state index is 9.69. The van der Waals surface area contributed by atoms with Gasteiger partial charge in [-0.25, -0.2) is 0 Å². The minimum atomic E-state index is 0.345. The lowest BCUT2D eigenvalue weighted by Crippen LogP contribution is -2.17. The second-order valence-electron chi connectivity index (χ2n) is 3.26. The molecule has 0 saturated heterocycles. The number of rotatable bonds is 1. The van der Waals surface area contributed by atoms with Crippen molar-refractivity contribution in [3.63, 3.8) is 0 Å². The highest BCUT2D eigenvalue weighted by atomic mass is 32.2. The Hall–Kier alpha value is -0.670. The first kappa shape index (κ1) is 8.91. The van der Waals surface area contributed by atoms with Crippen molar-refractivity contribution in [3.8, 4) is 5.75 Å². The van der Waals surface area contributed by atoms with Gasteiger partial charge >= 0.3 is 0 Å². The van der Waals surface area contributed by atoms with E-state index in [2.05, 4.69) is 6.07 Å². The number of aromatic hydroxyl groups is 1. The van der Waals surface area contributed by atoms with Crippen LogP contribution in [0.5, 0.6) is 5.75 Å². The highest BCUT2D eigenvalue weighted by Gasteiger charge is 2.22. The third-order valence-electron chi connectivity index (χ3n) is 2.46. The van der Waals surface area contributed by atoms with Crippen LogP contribution in [-0.2, 0) is 0 Å². The van der Waals surface area contributed by atoms with Gasteiger partial charge in [0, 0.05) is 16.4 Å². The molecule has 1 aromatic rings. The first-order valence-electron chi connectivity index (χ1n) is 4.47. The fourth-order valence-corrected chi connectivity index (χ4v) is 2.98. The second-order valence-corrected chi connectivity index (χ2v) is 4.40. The predicted octanol–water partition coefficient (Wildman–Crippen LogP) is 1.93. The molecule has 0 saturated carbocycles. The van der Waals surface area contributed by atoms with Crippen LogP contribution in [-0.4, -0.2) is 17.4 Å². The number of phenolic OH excluding ortho intramolecular Hbond substituents is 1. The Morgan fingerprint density at radius 2 is 2.38 bits per heavy atom. The molecular weight excluding hydrogens is 182 g/mol. The molecule has 1 aliphatic heterocycles. The molecule has 2 nitrogen and oxygen atoms in total. The minimum absolute atomic E-state index is 0.345. The minimum Gasteiger partial charge on any atom is -0.508 e. The smallest absolute Gasteiger partial charge is 0.120 e. The van der Waals surface area contributed by atoms with E-state index in [-0.39, 0.29) is 0 Å². The zero-order chi connectivity index (χ0) is 9.26. The Labute approximate surface area is 82.1 Å². The Balaban J connectivity index is 2.47. The Morgan fingerprint density at radius 1 is 1.54 bits per heavy atom. The van der Waals surface area contributed by atoms with Crippen LogP contribution in [0, 0.1) is 0 Å². The summed E-state index contributed by atoms with van der Waals surface area (Å²) in [5.41, 5.74) is 6.72. The Kier molecular flexibility index (Phi) is 2.47. The fraction of sp³-hybridized carbons (Fsp3) is 0.400. The van der Waals surface area contributed by atoms with Crippen LogP contribution < -0.4 is 5.73 Å². The number of hydrogen-bond acceptors (Lipinski definition) is 3. The molecule has 3 N–H and O–H groups in total. The molecule has 1 atom stereocenters. The third kappa shape index (κ3) is 1.54. The van der Waals surface area contributed by atoms with Crippen molar-refractivity contribution in [3.05, 3.63) is 23.8 Å². The van der Waals surface area contributed by atoms with E-state index in [1.807, 2.05) is 6.07 Å². The molecule has 0 aromatic heterocycles. The normalized spacial score (nSPS) is 21.2. The molecule has 13 heavy (non-hydrogen) atoms. The van der Waals surface area contributed by atoms with Crippen molar-refractivity contribution in [1.29, 1.82) is 0 Å². The molecule has 3 heteroatoms. The maximum Gasteiger partial charge on any atom is 0.120 e. The van der Waals surface area contributed by atoms with Crippen molar-refractivity contribution in [2.24, 2.45) is 5.73 Å². The topological polar surface area (TPSA) is 46.2 Å². The zero-order valence-electron chi connectivity index (χ0n) is 7.36. The molecule has 0 aliphatic carbocycles. The largest absolute Gasteiger partial charge is 0.508 e. The average Bonchev–Trinajstić information content (AvgIpc) is 2.17. The van der Waals surface area contributed by atoms with E-state index in [1.54, 1.807) is 17.8 Å². The van der Waals surface area contributed by atoms with Gasteiger partial charge in [-0.2, -0.15) is 0 Å². The highest BCUT2D eigenvalue weighted by molar-refractivity contribution is 7.99. The third-order valence-corrected chi connectivity index (χ3v) is 3.57. The van der Waals surface area contributed by atoms with Gasteiger partial charge in [-0.05, 0) is 30.9 Å². The summed E-state index contributed by atoms with van der Waals surface area (Å²) in [7, 11) is 0. The second kappa shape index (κ2) is 3.60. The number of phenols is 1. The lowest BCUT2D eigenvalue weighted by molar-refractivity contribution is 0.455. The molecule has 1 aromatic carbocycles. The van der Waals surface area contributed by atoms with Crippen LogP contribution in [0.25, 0.3) is 0 Å². The standard InChI is InChI=1S/C10H13NOS/c11-6-7-4-5-13-9-3-1-2-8(12)10(7)9/h1-3,7,12H,4-6,11H2. The van der Waals surface area contributed by atoms with E-state index in [9.17, 15) is 5.11 Å². The summed E-state index contributed by atoms with van der Waals surface area (Å²) < 4.78 is 0. The molecule has 0 spiro atoms. The number of fused-ring (bicyclic) bond motifs is 1.